The molecule has 0 spiro atoms. The van der Waals surface area contributed by atoms with Gasteiger partial charge in [0.25, 0.3) is 0 Å². The molecular formula is C9H14KNO. The summed E-state index contributed by atoms with van der Waals surface area (Å²) in [6.07, 6.45) is 0. The summed E-state index contributed by atoms with van der Waals surface area (Å²) in [6, 6.07) is 5.32. The molecule has 0 fully saturated rings. The number of hydrogen-bond donors (Lipinski definition) is 2. The molecule has 0 unspecified atom stereocenters. The van der Waals surface area contributed by atoms with E-state index < -0.39 is 0 Å². The van der Waals surface area contributed by atoms with Crippen LogP contribution in [0.15, 0.2) is 18.2 Å². The number of benzene rings is 1. The van der Waals surface area contributed by atoms with Crippen molar-refractivity contribution in [3.63, 3.8) is 0 Å². The summed E-state index contributed by atoms with van der Waals surface area (Å²) < 4.78 is 0. The van der Waals surface area contributed by atoms with E-state index >= 15 is 0 Å². The molecule has 0 saturated carbocycles. The van der Waals surface area contributed by atoms with Crippen molar-refractivity contribution in [2.45, 2.75) is 13.8 Å². The van der Waals surface area contributed by atoms with Gasteiger partial charge in [-0.05, 0) is 25.5 Å². The van der Waals surface area contributed by atoms with Crippen molar-refractivity contribution in [2.75, 3.05) is 11.9 Å². The van der Waals surface area contributed by atoms with Gasteiger partial charge in [-0.3, -0.25) is 0 Å². The van der Waals surface area contributed by atoms with E-state index in [1.165, 1.54) is 0 Å². The molecular weight excluding hydrogens is 177 g/mol. The first kappa shape index (κ1) is 12.5. The Balaban J connectivity index is 0. The quantitative estimate of drug-likeness (QED) is 0.603. The van der Waals surface area contributed by atoms with E-state index in [1.54, 1.807) is 12.1 Å². The van der Waals surface area contributed by atoms with Gasteiger partial charge in [0.15, 0.2) is 0 Å². The van der Waals surface area contributed by atoms with Gasteiger partial charge in [-0.1, -0.05) is 6.07 Å². The van der Waals surface area contributed by atoms with Crippen molar-refractivity contribution in [1.82, 2.24) is 0 Å². The summed E-state index contributed by atoms with van der Waals surface area (Å²) in [7, 11) is 0. The van der Waals surface area contributed by atoms with Crippen LogP contribution in [0.4, 0.5) is 5.69 Å². The van der Waals surface area contributed by atoms with Crippen LogP contribution in [-0.4, -0.2) is 11.7 Å². The van der Waals surface area contributed by atoms with Crippen LogP contribution in [0.25, 0.3) is 0 Å². The maximum atomic E-state index is 9.12. The van der Waals surface area contributed by atoms with Crippen LogP contribution in [0.1, 0.15) is 13.9 Å². The van der Waals surface area contributed by atoms with Crippen molar-refractivity contribution in [3.05, 3.63) is 23.8 Å². The van der Waals surface area contributed by atoms with E-state index in [0.29, 0.717) is 5.75 Å². The maximum absolute atomic E-state index is 9.12. The molecule has 0 bridgehead atoms. The molecule has 1 aromatic rings. The second kappa shape index (κ2) is 5.99. The fraction of sp³-hybridized carbons (Fsp3) is 0.333. The Morgan fingerprint density at radius 3 is 2.75 bits per heavy atom. The molecule has 0 atom stereocenters. The molecule has 0 aromatic heterocycles. The normalized spacial score (nSPS) is 8.83. The monoisotopic (exact) mass is 191 g/mol. The number of anilines is 1. The molecule has 0 saturated heterocycles. The van der Waals surface area contributed by atoms with Crippen molar-refractivity contribution < 1.29 is 57.9 Å². The molecule has 0 aliphatic heterocycles. The fourth-order valence-corrected chi connectivity index (χ4v) is 0.991. The van der Waals surface area contributed by atoms with Gasteiger partial charge in [-0.15, -0.1) is 0 Å². The largest absolute Gasteiger partial charge is 1.00 e. The molecule has 1 aromatic carbocycles. The van der Waals surface area contributed by atoms with Crippen molar-refractivity contribution in [1.29, 1.82) is 0 Å². The fourth-order valence-electron chi connectivity index (χ4n) is 0.991. The number of hydrogen-bond acceptors (Lipinski definition) is 2. The van der Waals surface area contributed by atoms with E-state index in [9.17, 15) is 0 Å². The summed E-state index contributed by atoms with van der Waals surface area (Å²) >= 11 is 0. The molecule has 2 N–H and O–H groups in total. The third-order valence-electron chi connectivity index (χ3n) is 1.59. The zero-order valence-corrected chi connectivity index (χ0v) is 11.0. The Kier molecular flexibility index (Phi) is 6.22. The molecule has 12 heavy (non-hydrogen) atoms. The average molecular weight is 191 g/mol. The Morgan fingerprint density at radius 1 is 1.50 bits per heavy atom. The van der Waals surface area contributed by atoms with Gasteiger partial charge in [0.05, 0.1) is 0 Å². The van der Waals surface area contributed by atoms with Crippen LogP contribution >= 0.6 is 0 Å². The van der Waals surface area contributed by atoms with Gasteiger partial charge in [-0.25, -0.2) is 0 Å². The average Bonchev–Trinajstić information content (AvgIpc) is 1.98. The second-order valence-corrected chi connectivity index (χ2v) is 2.53. The van der Waals surface area contributed by atoms with E-state index in [1.807, 2.05) is 19.9 Å². The van der Waals surface area contributed by atoms with Crippen LogP contribution in [-0.2, 0) is 0 Å². The minimum Gasteiger partial charge on any atom is -1.00 e. The smallest absolute Gasteiger partial charge is 1.00 e. The molecule has 0 radical (unpaired) electrons. The SMILES string of the molecule is CCNc1cc(O)ccc1C.[H-].[K+]. The zero-order valence-electron chi connectivity index (χ0n) is 8.89. The standard InChI is InChI=1S/C9H13NO.K.H/c1-3-10-9-6-8(11)5-4-7(9)2;;/h4-6,10-11H,3H2,1-2H3;;/q;+1;-1. The summed E-state index contributed by atoms with van der Waals surface area (Å²) in [6.45, 7) is 4.92. The van der Waals surface area contributed by atoms with Gasteiger partial charge in [0.2, 0.25) is 0 Å². The summed E-state index contributed by atoms with van der Waals surface area (Å²) in [5, 5.41) is 12.3. The zero-order chi connectivity index (χ0) is 8.27. The minimum atomic E-state index is 0. The molecule has 0 aliphatic rings. The van der Waals surface area contributed by atoms with Crippen molar-refractivity contribution in [3.8, 4) is 5.75 Å². The number of phenols is 1. The Morgan fingerprint density at radius 2 is 2.17 bits per heavy atom. The number of phenolic OH excluding ortho intramolecular Hbond substituents is 1. The van der Waals surface area contributed by atoms with E-state index in [2.05, 4.69) is 5.32 Å². The van der Waals surface area contributed by atoms with Crippen molar-refractivity contribution >= 4 is 5.69 Å². The maximum Gasteiger partial charge on any atom is 1.00 e. The summed E-state index contributed by atoms with van der Waals surface area (Å²) in [4.78, 5) is 0. The van der Waals surface area contributed by atoms with Crippen LogP contribution in [0, 0.1) is 6.92 Å². The van der Waals surface area contributed by atoms with Crippen LogP contribution < -0.4 is 56.7 Å². The van der Waals surface area contributed by atoms with Gasteiger partial charge in [0.1, 0.15) is 5.75 Å². The third-order valence-corrected chi connectivity index (χ3v) is 1.59. The Labute approximate surface area is 117 Å². The van der Waals surface area contributed by atoms with Gasteiger partial charge < -0.3 is 11.8 Å². The topological polar surface area (TPSA) is 32.3 Å². The first-order valence-electron chi connectivity index (χ1n) is 3.77. The molecule has 0 amide bonds. The Bertz CT molecular complexity index is 255. The molecule has 3 heteroatoms. The minimum absolute atomic E-state index is 0. The second-order valence-electron chi connectivity index (χ2n) is 2.53. The predicted octanol–water partition coefficient (Wildman–Crippen LogP) is -0.751. The van der Waals surface area contributed by atoms with Crippen LogP contribution in [0.2, 0.25) is 0 Å². The molecule has 1 rings (SSSR count). The van der Waals surface area contributed by atoms with E-state index in [-0.39, 0.29) is 52.8 Å². The van der Waals surface area contributed by atoms with Crippen LogP contribution in [0.3, 0.4) is 0 Å². The van der Waals surface area contributed by atoms with Gasteiger partial charge in [-0.2, -0.15) is 0 Å². The van der Waals surface area contributed by atoms with Gasteiger partial charge >= 0.3 is 51.4 Å². The van der Waals surface area contributed by atoms with Crippen molar-refractivity contribution in [2.24, 2.45) is 0 Å². The van der Waals surface area contributed by atoms with Gasteiger partial charge in [0, 0.05) is 18.3 Å². The molecule has 0 aliphatic carbocycles. The predicted molar refractivity (Wildman–Crippen MR) is 48.1 cm³/mol. The first-order chi connectivity index (χ1) is 5.24. The first-order valence-corrected chi connectivity index (χ1v) is 3.77. The molecule has 62 valence electrons. The molecule has 2 nitrogen and oxygen atoms in total. The summed E-state index contributed by atoms with van der Waals surface area (Å²) in [5.74, 6) is 0.312. The molecule has 0 heterocycles. The van der Waals surface area contributed by atoms with Crippen LogP contribution in [0.5, 0.6) is 5.75 Å². The van der Waals surface area contributed by atoms with E-state index in [0.717, 1.165) is 17.8 Å². The number of nitrogens with one attached hydrogen (secondary N) is 1. The number of aryl methyl sites for hydroxylation is 1. The summed E-state index contributed by atoms with van der Waals surface area (Å²) in [5.41, 5.74) is 2.16. The van der Waals surface area contributed by atoms with E-state index in [4.69, 9.17) is 5.11 Å². The number of rotatable bonds is 2. The number of aromatic hydroxyl groups is 1. The Hall–Kier alpha value is 0.456. The third kappa shape index (κ3) is 3.45.